The number of rotatable bonds is 5. The van der Waals surface area contributed by atoms with Crippen LogP contribution in [0, 0.1) is 5.82 Å². The lowest BCUT2D eigenvalue weighted by Crippen LogP contribution is -2.29. The number of aliphatic hydroxyl groups excluding tert-OH is 1. The molecule has 1 aliphatic heterocycles. The van der Waals surface area contributed by atoms with Gasteiger partial charge in [-0.1, -0.05) is 12.1 Å². The number of halogens is 1. The fraction of sp³-hybridized carbons (Fsp3) is 0.136. The fourth-order valence-electron chi connectivity index (χ4n) is 3.46. The molecule has 1 saturated heterocycles. The summed E-state index contributed by atoms with van der Waals surface area (Å²) in [6, 6.07) is 11.7. The lowest BCUT2D eigenvalue weighted by Gasteiger charge is -2.23. The highest BCUT2D eigenvalue weighted by Gasteiger charge is 2.47. The fourth-order valence-corrected chi connectivity index (χ4v) is 4.31. The van der Waals surface area contributed by atoms with Crippen LogP contribution in [0.25, 0.3) is 5.76 Å². The number of ketones is 1. The van der Waals surface area contributed by atoms with E-state index in [1.54, 1.807) is 36.5 Å². The summed E-state index contributed by atoms with van der Waals surface area (Å²) in [6.45, 7) is 0.0883. The van der Waals surface area contributed by atoms with Crippen molar-refractivity contribution in [3.63, 3.8) is 0 Å². The molecule has 0 saturated carbocycles. The molecule has 8 heteroatoms. The van der Waals surface area contributed by atoms with Gasteiger partial charge in [0.2, 0.25) is 0 Å². The van der Waals surface area contributed by atoms with E-state index in [4.69, 9.17) is 4.74 Å². The van der Waals surface area contributed by atoms with Crippen LogP contribution in [0.2, 0.25) is 0 Å². The molecule has 0 bridgehead atoms. The van der Waals surface area contributed by atoms with Gasteiger partial charge < -0.3 is 14.7 Å². The van der Waals surface area contributed by atoms with Crippen LogP contribution in [0.15, 0.2) is 65.7 Å². The summed E-state index contributed by atoms with van der Waals surface area (Å²) in [4.78, 5) is 32.1. The smallest absolute Gasteiger partial charge is 0.296 e. The molecule has 0 aliphatic carbocycles. The van der Waals surface area contributed by atoms with E-state index in [9.17, 15) is 19.1 Å². The van der Waals surface area contributed by atoms with Crippen molar-refractivity contribution >= 4 is 28.8 Å². The van der Waals surface area contributed by atoms with E-state index in [0.717, 1.165) is 6.07 Å². The summed E-state index contributed by atoms with van der Waals surface area (Å²) in [5, 5.41) is 12.8. The van der Waals surface area contributed by atoms with Gasteiger partial charge in [-0.25, -0.2) is 4.39 Å². The number of likely N-dealkylation sites (tertiary alicyclic amines) is 1. The SMILES string of the molecule is COc1ccc(F)cc1/C(O)=C1/C(=O)C(=O)N(Cc2ccccn2)C1c1cccs1. The number of hydrogen-bond donors (Lipinski definition) is 1. The van der Waals surface area contributed by atoms with Gasteiger partial charge in [-0.3, -0.25) is 14.6 Å². The van der Waals surface area contributed by atoms with Crippen LogP contribution in [0.4, 0.5) is 4.39 Å². The average Bonchev–Trinajstić information content (AvgIpc) is 3.37. The van der Waals surface area contributed by atoms with Crippen molar-refractivity contribution < 1.29 is 23.8 Å². The largest absolute Gasteiger partial charge is 0.507 e. The molecular weight excluding hydrogens is 407 g/mol. The second-order valence-corrected chi connectivity index (χ2v) is 7.59. The van der Waals surface area contributed by atoms with Crippen LogP contribution in [-0.4, -0.2) is 33.8 Å². The van der Waals surface area contributed by atoms with Gasteiger partial charge in [0.05, 0.1) is 30.5 Å². The normalized spacial score (nSPS) is 18.1. The number of methoxy groups -OCH3 is 1. The average molecular weight is 424 g/mol. The number of aliphatic hydroxyl groups is 1. The molecule has 1 atom stereocenters. The first-order valence-electron chi connectivity index (χ1n) is 9.07. The van der Waals surface area contributed by atoms with E-state index in [0.29, 0.717) is 10.6 Å². The van der Waals surface area contributed by atoms with Crippen LogP contribution in [0.1, 0.15) is 22.2 Å². The molecule has 1 unspecified atom stereocenters. The molecule has 1 fully saturated rings. The highest BCUT2D eigenvalue weighted by Crippen LogP contribution is 2.43. The third-order valence-electron chi connectivity index (χ3n) is 4.83. The first kappa shape index (κ1) is 19.8. The number of benzene rings is 1. The van der Waals surface area contributed by atoms with Gasteiger partial charge >= 0.3 is 0 Å². The molecule has 0 radical (unpaired) electrons. The van der Waals surface area contributed by atoms with Crippen molar-refractivity contribution in [1.82, 2.24) is 9.88 Å². The van der Waals surface area contributed by atoms with Crippen LogP contribution >= 0.6 is 11.3 Å². The Balaban J connectivity index is 1.88. The lowest BCUT2D eigenvalue weighted by atomic mass is 9.99. The Morgan fingerprint density at radius 3 is 2.73 bits per heavy atom. The minimum Gasteiger partial charge on any atom is -0.507 e. The maximum atomic E-state index is 13.9. The van der Waals surface area contributed by atoms with E-state index in [2.05, 4.69) is 4.98 Å². The van der Waals surface area contributed by atoms with Gasteiger partial charge in [-0.05, 0) is 41.8 Å². The van der Waals surface area contributed by atoms with E-state index in [1.165, 1.54) is 35.5 Å². The topological polar surface area (TPSA) is 79.7 Å². The molecule has 1 amide bonds. The standard InChI is InChI=1S/C22H17FN2O4S/c1-29-16-8-7-13(23)11-15(16)20(26)18-19(17-6-4-10-30-17)25(22(28)21(18)27)12-14-5-2-3-9-24-14/h2-11,19,26H,12H2,1H3/b20-18-. The summed E-state index contributed by atoms with van der Waals surface area (Å²) in [5.41, 5.74) is 0.501. The van der Waals surface area contributed by atoms with Gasteiger partial charge in [0.15, 0.2) is 0 Å². The second kappa shape index (κ2) is 8.08. The van der Waals surface area contributed by atoms with Crippen molar-refractivity contribution in [2.75, 3.05) is 7.11 Å². The zero-order valence-electron chi connectivity index (χ0n) is 15.9. The van der Waals surface area contributed by atoms with Crippen LogP contribution in [0.3, 0.4) is 0 Å². The zero-order chi connectivity index (χ0) is 21.3. The molecule has 0 spiro atoms. The Morgan fingerprint density at radius 1 is 1.23 bits per heavy atom. The van der Waals surface area contributed by atoms with Gasteiger partial charge in [-0.2, -0.15) is 0 Å². The third-order valence-corrected chi connectivity index (χ3v) is 5.75. The predicted octanol–water partition coefficient (Wildman–Crippen LogP) is 3.91. The second-order valence-electron chi connectivity index (χ2n) is 6.61. The van der Waals surface area contributed by atoms with E-state index in [1.807, 2.05) is 5.38 Å². The minimum absolute atomic E-state index is 0.00916. The van der Waals surface area contributed by atoms with E-state index in [-0.39, 0.29) is 23.4 Å². The number of carbonyl (C=O) groups is 2. The van der Waals surface area contributed by atoms with E-state index < -0.39 is 29.3 Å². The first-order chi connectivity index (χ1) is 14.5. The summed E-state index contributed by atoms with van der Waals surface area (Å²) < 4.78 is 19.1. The maximum Gasteiger partial charge on any atom is 0.296 e. The molecule has 30 heavy (non-hydrogen) atoms. The Morgan fingerprint density at radius 2 is 2.07 bits per heavy atom. The van der Waals surface area contributed by atoms with Gasteiger partial charge in [0.25, 0.3) is 11.7 Å². The Labute approximate surface area is 175 Å². The summed E-state index contributed by atoms with van der Waals surface area (Å²) >= 11 is 1.35. The molecule has 6 nitrogen and oxygen atoms in total. The maximum absolute atomic E-state index is 13.9. The number of nitrogens with zero attached hydrogens (tertiary/aromatic N) is 2. The van der Waals surface area contributed by atoms with Crippen LogP contribution in [-0.2, 0) is 16.1 Å². The molecular formula is C22H17FN2O4S. The molecule has 3 aromatic rings. The van der Waals surface area contributed by atoms with Crippen molar-refractivity contribution in [2.45, 2.75) is 12.6 Å². The lowest BCUT2D eigenvalue weighted by molar-refractivity contribution is -0.140. The number of thiophene rings is 1. The molecule has 1 N–H and O–H groups in total. The quantitative estimate of drug-likeness (QED) is 0.382. The number of amides is 1. The van der Waals surface area contributed by atoms with Gasteiger partial charge in [0, 0.05) is 11.1 Å². The number of ether oxygens (including phenoxy) is 1. The van der Waals surface area contributed by atoms with Crippen molar-refractivity contribution in [3.8, 4) is 5.75 Å². The Hall–Kier alpha value is -3.52. The number of Topliss-reactive ketones (excluding diaryl/α,β-unsaturated/α-hetero) is 1. The zero-order valence-corrected chi connectivity index (χ0v) is 16.7. The molecule has 1 aromatic carbocycles. The van der Waals surface area contributed by atoms with Crippen molar-refractivity contribution in [2.24, 2.45) is 0 Å². The number of pyridine rings is 1. The molecule has 152 valence electrons. The Kier molecular flexibility index (Phi) is 5.33. The molecule has 1 aliphatic rings. The minimum atomic E-state index is -0.840. The van der Waals surface area contributed by atoms with Crippen LogP contribution < -0.4 is 4.74 Å². The monoisotopic (exact) mass is 424 g/mol. The number of hydrogen-bond acceptors (Lipinski definition) is 6. The number of carbonyl (C=O) groups excluding carboxylic acids is 2. The van der Waals surface area contributed by atoms with Gasteiger partial charge in [-0.15, -0.1) is 11.3 Å². The molecule has 3 heterocycles. The van der Waals surface area contributed by atoms with Crippen LogP contribution in [0.5, 0.6) is 5.75 Å². The first-order valence-corrected chi connectivity index (χ1v) is 9.95. The summed E-state index contributed by atoms with van der Waals surface area (Å²) in [7, 11) is 1.38. The third kappa shape index (κ3) is 3.46. The number of aromatic nitrogens is 1. The van der Waals surface area contributed by atoms with E-state index >= 15 is 0 Å². The molecule has 4 rings (SSSR count). The van der Waals surface area contributed by atoms with Crippen molar-refractivity contribution in [3.05, 3.63) is 87.6 Å². The highest BCUT2D eigenvalue weighted by molar-refractivity contribution is 7.10. The summed E-state index contributed by atoms with van der Waals surface area (Å²) in [5.74, 6) is -2.49. The summed E-state index contributed by atoms with van der Waals surface area (Å²) in [6.07, 6.45) is 1.60. The van der Waals surface area contributed by atoms with Crippen molar-refractivity contribution in [1.29, 1.82) is 0 Å². The van der Waals surface area contributed by atoms with Gasteiger partial charge in [0.1, 0.15) is 23.4 Å². The molecule has 2 aromatic heterocycles. The Bertz CT molecular complexity index is 1130. The predicted molar refractivity (Wildman–Crippen MR) is 109 cm³/mol. The highest BCUT2D eigenvalue weighted by atomic mass is 32.1.